The molecular weight excluding hydrogens is 358 g/mol. The SMILES string of the molecule is Cc1ccc(S(=O)(=O)N2CC(/C=C/c3ccccc3)=C[Si](C)(C)C2)cc1. The Labute approximate surface area is 157 Å². The molecule has 0 bridgehead atoms. The van der Waals surface area contributed by atoms with E-state index in [0.29, 0.717) is 17.6 Å². The van der Waals surface area contributed by atoms with E-state index in [0.717, 1.165) is 16.7 Å². The highest BCUT2D eigenvalue weighted by atomic mass is 32.2. The van der Waals surface area contributed by atoms with Crippen LogP contribution in [0.25, 0.3) is 6.08 Å². The van der Waals surface area contributed by atoms with Crippen molar-refractivity contribution in [3.05, 3.63) is 83.1 Å². The van der Waals surface area contributed by atoms with Crippen LogP contribution in [-0.4, -0.2) is 33.5 Å². The number of rotatable bonds is 4. The van der Waals surface area contributed by atoms with Crippen LogP contribution in [0, 0.1) is 6.92 Å². The third-order valence-corrected chi connectivity index (χ3v) is 8.85. The summed E-state index contributed by atoms with van der Waals surface area (Å²) in [6, 6.07) is 17.2. The van der Waals surface area contributed by atoms with Gasteiger partial charge in [0.25, 0.3) is 0 Å². The Kier molecular flexibility index (Phi) is 5.32. The van der Waals surface area contributed by atoms with E-state index < -0.39 is 18.1 Å². The molecule has 0 saturated carbocycles. The van der Waals surface area contributed by atoms with Crippen LogP contribution in [0.5, 0.6) is 0 Å². The summed E-state index contributed by atoms with van der Waals surface area (Å²) < 4.78 is 27.9. The monoisotopic (exact) mass is 383 g/mol. The van der Waals surface area contributed by atoms with Gasteiger partial charge in [-0.3, -0.25) is 0 Å². The van der Waals surface area contributed by atoms with Crippen LogP contribution < -0.4 is 0 Å². The van der Waals surface area contributed by atoms with Crippen molar-refractivity contribution in [2.24, 2.45) is 0 Å². The number of benzene rings is 2. The Morgan fingerprint density at radius 2 is 1.62 bits per heavy atom. The van der Waals surface area contributed by atoms with E-state index >= 15 is 0 Å². The fourth-order valence-electron chi connectivity index (χ4n) is 3.20. The normalized spacial score (nSPS) is 18.0. The molecular formula is C21H25NO2SSi. The molecule has 0 fully saturated rings. The molecule has 2 aromatic carbocycles. The zero-order valence-electron chi connectivity index (χ0n) is 15.5. The molecule has 3 nitrogen and oxygen atoms in total. The summed E-state index contributed by atoms with van der Waals surface area (Å²) in [7, 11) is -5.25. The number of hydrogen-bond donors (Lipinski definition) is 0. The van der Waals surface area contributed by atoms with Gasteiger partial charge in [-0.25, -0.2) is 8.42 Å². The maximum absolute atomic E-state index is 13.1. The Balaban J connectivity index is 1.87. The lowest BCUT2D eigenvalue weighted by molar-refractivity contribution is 0.474. The van der Waals surface area contributed by atoms with E-state index in [1.54, 1.807) is 16.4 Å². The van der Waals surface area contributed by atoms with Crippen LogP contribution in [0.3, 0.4) is 0 Å². The van der Waals surface area contributed by atoms with Crippen LogP contribution >= 0.6 is 0 Å². The van der Waals surface area contributed by atoms with E-state index in [1.165, 1.54) is 0 Å². The van der Waals surface area contributed by atoms with Gasteiger partial charge in [-0.05, 0) is 30.2 Å². The number of hydrogen-bond acceptors (Lipinski definition) is 2. The van der Waals surface area contributed by atoms with Crippen molar-refractivity contribution >= 4 is 24.2 Å². The zero-order chi connectivity index (χ0) is 18.8. The van der Waals surface area contributed by atoms with E-state index in [2.05, 4.69) is 30.9 Å². The molecule has 0 spiro atoms. The first-order chi connectivity index (χ1) is 12.3. The van der Waals surface area contributed by atoms with Crippen molar-refractivity contribution in [3.63, 3.8) is 0 Å². The van der Waals surface area contributed by atoms with Gasteiger partial charge in [0.15, 0.2) is 0 Å². The summed E-state index contributed by atoms with van der Waals surface area (Å²) in [5.41, 5.74) is 5.57. The molecule has 1 aliphatic heterocycles. The van der Waals surface area contributed by atoms with Gasteiger partial charge >= 0.3 is 0 Å². The molecule has 0 amide bonds. The Bertz CT molecular complexity index is 930. The van der Waals surface area contributed by atoms with Crippen molar-refractivity contribution in [3.8, 4) is 0 Å². The van der Waals surface area contributed by atoms with Gasteiger partial charge < -0.3 is 0 Å². The average molecular weight is 384 g/mol. The van der Waals surface area contributed by atoms with E-state index in [-0.39, 0.29) is 0 Å². The van der Waals surface area contributed by atoms with Gasteiger partial charge in [0, 0.05) is 12.7 Å². The van der Waals surface area contributed by atoms with Gasteiger partial charge in [0.05, 0.1) is 13.0 Å². The predicted octanol–water partition coefficient (Wildman–Crippen LogP) is 4.43. The molecule has 0 aliphatic carbocycles. The van der Waals surface area contributed by atoms with Crippen LogP contribution in [0.2, 0.25) is 13.1 Å². The highest BCUT2D eigenvalue weighted by molar-refractivity contribution is 7.89. The molecule has 1 heterocycles. The van der Waals surface area contributed by atoms with E-state index in [9.17, 15) is 8.42 Å². The van der Waals surface area contributed by atoms with Crippen LogP contribution in [0.4, 0.5) is 0 Å². The van der Waals surface area contributed by atoms with Crippen molar-refractivity contribution < 1.29 is 8.42 Å². The quantitative estimate of drug-likeness (QED) is 0.733. The van der Waals surface area contributed by atoms with Gasteiger partial charge in [0.1, 0.15) is 0 Å². The Hall–Kier alpha value is -1.95. The molecule has 3 rings (SSSR count). The van der Waals surface area contributed by atoms with Gasteiger partial charge in [-0.2, -0.15) is 4.31 Å². The zero-order valence-corrected chi connectivity index (χ0v) is 17.3. The minimum Gasteiger partial charge on any atom is -0.207 e. The van der Waals surface area contributed by atoms with E-state index in [4.69, 9.17) is 0 Å². The second kappa shape index (κ2) is 7.35. The van der Waals surface area contributed by atoms with Crippen molar-refractivity contribution in [2.45, 2.75) is 24.9 Å². The van der Waals surface area contributed by atoms with Crippen molar-refractivity contribution in [1.29, 1.82) is 0 Å². The van der Waals surface area contributed by atoms with Gasteiger partial charge in [0.2, 0.25) is 10.0 Å². The molecule has 0 aromatic heterocycles. The first-order valence-corrected chi connectivity index (χ1v) is 13.5. The highest BCUT2D eigenvalue weighted by Gasteiger charge is 2.34. The second-order valence-corrected chi connectivity index (χ2v) is 14.1. The number of nitrogens with zero attached hydrogens (tertiary/aromatic N) is 1. The maximum atomic E-state index is 13.1. The molecule has 136 valence electrons. The minimum atomic E-state index is -3.47. The molecule has 0 radical (unpaired) electrons. The number of sulfonamides is 1. The summed E-state index contributed by atoms with van der Waals surface area (Å²) >= 11 is 0. The van der Waals surface area contributed by atoms with Crippen LogP contribution in [0.1, 0.15) is 11.1 Å². The fraction of sp³-hybridized carbons (Fsp3) is 0.238. The second-order valence-electron chi connectivity index (χ2n) is 7.54. The van der Waals surface area contributed by atoms with Crippen molar-refractivity contribution in [2.75, 3.05) is 12.7 Å². The third kappa shape index (κ3) is 4.41. The third-order valence-electron chi connectivity index (χ3n) is 4.47. The minimum absolute atomic E-state index is 0.376. The standard InChI is InChI=1S/C21H25NO2SSi/c1-18-9-13-21(14-10-18)25(23,24)22-15-20(16-26(2,3)17-22)12-11-19-7-5-4-6-8-19/h4-14,16H,15,17H2,1-3H3/b12-11+. The Morgan fingerprint density at radius 3 is 2.27 bits per heavy atom. The maximum Gasteiger partial charge on any atom is 0.243 e. The molecule has 1 aliphatic rings. The first-order valence-electron chi connectivity index (χ1n) is 8.78. The molecule has 26 heavy (non-hydrogen) atoms. The largest absolute Gasteiger partial charge is 0.243 e. The fourth-order valence-corrected chi connectivity index (χ4v) is 8.28. The highest BCUT2D eigenvalue weighted by Crippen LogP contribution is 2.25. The van der Waals surface area contributed by atoms with Crippen molar-refractivity contribution in [1.82, 2.24) is 4.31 Å². The summed E-state index contributed by atoms with van der Waals surface area (Å²) in [4.78, 5) is 0.376. The Morgan fingerprint density at radius 1 is 0.962 bits per heavy atom. The summed E-state index contributed by atoms with van der Waals surface area (Å²) in [5.74, 6) is 0. The topological polar surface area (TPSA) is 37.4 Å². The molecule has 0 saturated heterocycles. The average Bonchev–Trinajstić information content (AvgIpc) is 2.60. The molecule has 2 aromatic rings. The summed E-state index contributed by atoms with van der Waals surface area (Å²) in [5, 5.41) is 0. The van der Waals surface area contributed by atoms with Gasteiger partial charge in [-0.15, -0.1) is 0 Å². The summed E-state index contributed by atoms with van der Waals surface area (Å²) in [6.07, 6.45) is 4.73. The van der Waals surface area contributed by atoms with Crippen LogP contribution in [-0.2, 0) is 10.0 Å². The molecule has 0 unspecified atom stereocenters. The lowest BCUT2D eigenvalue weighted by Gasteiger charge is -2.34. The smallest absolute Gasteiger partial charge is 0.207 e. The summed E-state index contributed by atoms with van der Waals surface area (Å²) in [6.45, 7) is 6.80. The predicted molar refractivity (Wildman–Crippen MR) is 111 cm³/mol. The molecule has 0 N–H and O–H groups in total. The lowest BCUT2D eigenvalue weighted by atomic mass is 10.2. The molecule has 0 atom stereocenters. The molecule has 5 heteroatoms. The van der Waals surface area contributed by atoms with Crippen LogP contribution in [0.15, 0.2) is 76.8 Å². The van der Waals surface area contributed by atoms with E-state index in [1.807, 2.05) is 49.4 Å². The number of aryl methyl sites for hydroxylation is 1. The first kappa shape index (κ1) is 18.8. The van der Waals surface area contributed by atoms with Gasteiger partial charge in [-0.1, -0.05) is 79.0 Å². The lowest BCUT2D eigenvalue weighted by Crippen LogP contribution is -2.48.